The quantitative estimate of drug-likeness (QED) is 0.143. The Morgan fingerprint density at radius 3 is 1.82 bits per heavy atom. The topological polar surface area (TPSA) is 20.3 Å². The molecule has 1 aliphatic carbocycles. The van der Waals surface area contributed by atoms with Crippen molar-refractivity contribution in [1.29, 1.82) is 0 Å². The number of nitrogens with zero attached hydrogens (tertiary/aromatic N) is 1. The summed E-state index contributed by atoms with van der Waals surface area (Å²) in [7, 11) is 0. The van der Waals surface area contributed by atoms with Crippen molar-refractivity contribution in [3.63, 3.8) is 0 Å². The molecule has 4 rings (SSSR count). The van der Waals surface area contributed by atoms with Crippen LogP contribution in [0.3, 0.4) is 0 Å². The van der Waals surface area contributed by atoms with Crippen LogP contribution in [0, 0.1) is 29.1 Å². The minimum absolute atomic E-state index is 0.0823. The van der Waals surface area contributed by atoms with Gasteiger partial charge in [-0.25, -0.2) is 22.0 Å². The van der Waals surface area contributed by atoms with Gasteiger partial charge in [-0.1, -0.05) is 30.3 Å². The van der Waals surface area contributed by atoms with E-state index in [1.165, 1.54) is 6.07 Å². The highest BCUT2D eigenvalue weighted by atomic mass is 19.4. The minimum Gasteiger partial charge on any atom is -0.302 e. The molecule has 0 aromatic heterocycles. The Morgan fingerprint density at radius 2 is 1.24 bits per heavy atom. The van der Waals surface area contributed by atoms with Gasteiger partial charge in [-0.15, -0.1) is 0 Å². The van der Waals surface area contributed by atoms with Gasteiger partial charge in [0.05, 0.1) is 6.54 Å². The second-order valence-electron chi connectivity index (χ2n) is 8.26. The van der Waals surface area contributed by atoms with Crippen LogP contribution in [0.1, 0.15) is 16.7 Å². The summed E-state index contributed by atoms with van der Waals surface area (Å²) in [5.41, 5.74) is -0.732. The van der Waals surface area contributed by atoms with Gasteiger partial charge >= 0.3 is 23.9 Å². The molecule has 1 amide bonds. The Labute approximate surface area is 205 Å². The number of anilines is 1. The van der Waals surface area contributed by atoms with E-state index in [0.29, 0.717) is 16.7 Å². The number of carbonyl (C=O) groups excluding carboxylic acids is 1. The first kappa shape index (κ1) is 27.3. The Hall–Kier alpha value is -3.71. The number of halogens is 12. The SMILES string of the molecule is O=C(N(Cc1c(F)c(F)c(F)c(F)c1F)c1ccc2c(c1)Cc1ccccc1-2)C(F)(F)C(F)(F)C(F)(F)F. The molecule has 1 aliphatic rings. The van der Waals surface area contributed by atoms with Gasteiger partial charge in [0, 0.05) is 11.3 Å². The van der Waals surface area contributed by atoms with Gasteiger partial charge in [-0.05, 0) is 40.8 Å². The number of fused-ring (bicyclic) bond motifs is 3. The smallest absolute Gasteiger partial charge is 0.302 e. The maximum Gasteiger partial charge on any atom is 0.460 e. The van der Waals surface area contributed by atoms with Crippen molar-refractivity contribution in [3.8, 4) is 11.1 Å². The summed E-state index contributed by atoms with van der Waals surface area (Å²) in [6.07, 6.45) is -6.86. The van der Waals surface area contributed by atoms with E-state index < -0.39 is 75.7 Å². The van der Waals surface area contributed by atoms with Crippen molar-refractivity contribution in [3.05, 3.63) is 88.2 Å². The Balaban J connectivity index is 1.87. The lowest BCUT2D eigenvalue weighted by Gasteiger charge is -2.32. The van der Waals surface area contributed by atoms with Crippen LogP contribution in [-0.4, -0.2) is 23.9 Å². The van der Waals surface area contributed by atoms with Crippen molar-refractivity contribution in [1.82, 2.24) is 0 Å². The lowest BCUT2D eigenvalue weighted by Crippen LogP contribution is -2.60. The molecule has 202 valence electrons. The van der Waals surface area contributed by atoms with Crippen LogP contribution >= 0.6 is 0 Å². The largest absolute Gasteiger partial charge is 0.460 e. The van der Waals surface area contributed by atoms with Crippen LogP contribution in [0.4, 0.5) is 58.4 Å². The van der Waals surface area contributed by atoms with E-state index in [0.717, 1.165) is 12.1 Å². The molecular formula is C24H11F12NO. The van der Waals surface area contributed by atoms with Gasteiger partial charge < -0.3 is 4.90 Å². The second-order valence-corrected chi connectivity index (χ2v) is 8.26. The van der Waals surface area contributed by atoms with Crippen molar-refractivity contribution in [2.45, 2.75) is 31.0 Å². The lowest BCUT2D eigenvalue weighted by atomic mass is 10.0. The van der Waals surface area contributed by atoms with E-state index in [1.807, 2.05) is 0 Å². The van der Waals surface area contributed by atoms with E-state index in [4.69, 9.17) is 0 Å². The summed E-state index contributed by atoms with van der Waals surface area (Å²) < 4.78 is 164. The van der Waals surface area contributed by atoms with E-state index in [2.05, 4.69) is 0 Å². The third-order valence-electron chi connectivity index (χ3n) is 5.97. The highest BCUT2D eigenvalue weighted by Crippen LogP contribution is 2.48. The number of carbonyl (C=O) groups is 1. The molecule has 38 heavy (non-hydrogen) atoms. The monoisotopic (exact) mass is 557 g/mol. The molecule has 3 aromatic rings. The molecule has 0 radical (unpaired) electrons. The number of rotatable bonds is 5. The van der Waals surface area contributed by atoms with Gasteiger partial charge in [-0.2, -0.15) is 30.7 Å². The molecule has 0 aliphatic heterocycles. The zero-order valence-corrected chi connectivity index (χ0v) is 18.3. The summed E-state index contributed by atoms with van der Waals surface area (Å²) in [6.45, 7) is -2.00. The van der Waals surface area contributed by atoms with E-state index in [1.54, 1.807) is 24.3 Å². The first-order valence-electron chi connectivity index (χ1n) is 10.4. The van der Waals surface area contributed by atoms with Crippen LogP contribution in [-0.2, 0) is 17.8 Å². The third kappa shape index (κ3) is 4.06. The zero-order chi connectivity index (χ0) is 28.4. The Morgan fingerprint density at radius 1 is 0.711 bits per heavy atom. The minimum atomic E-state index is -6.96. The van der Waals surface area contributed by atoms with E-state index in [-0.39, 0.29) is 12.0 Å². The fraction of sp³-hybridized carbons (Fsp3) is 0.208. The van der Waals surface area contributed by atoms with Crippen molar-refractivity contribution in [2.24, 2.45) is 0 Å². The third-order valence-corrected chi connectivity index (χ3v) is 5.97. The van der Waals surface area contributed by atoms with Crippen LogP contribution < -0.4 is 4.90 Å². The molecule has 14 heteroatoms. The summed E-state index contributed by atoms with van der Waals surface area (Å²) in [6, 6.07) is 9.47. The van der Waals surface area contributed by atoms with Crippen molar-refractivity contribution >= 4 is 11.6 Å². The Bertz CT molecular complexity index is 1420. The Kier molecular flexibility index (Phi) is 6.43. The average molecular weight is 557 g/mol. The highest BCUT2D eigenvalue weighted by Gasteiger charge is 2.77. The van der Waals surface area contributed by atoms with Crippen molar-refractivity contribution < 1.29 is 57.5 Å². The van der Waals surface area contributed by atoms with Gasteiger partial charge in [0.2, 0.25) is 5.82 Å². The van der Waals surface area contributed by atoms with Gasteiger partial charge in [0.25, 0.3) is 0 Å². The van der Waals surface area contributed by atoms with E-state index >= 15 is 0 Å². The van der Waals surface area contributed by atoms with Crippen LogP contribution in [0.5, 0.6) is 0 Å². The molecule has 0 atom stereocenters. The number of alkyl halides is 7. The first-order chi connectivity index (χ1) is 17.5. The van der Waals surface area contributed by atoms with Crippen LogP contribution in [0.25, 0.3) is 11.1 Å². The summed E-state index contributed by atoms with van der Waals surface area (Å²) in [5.74, 6) is -29.7. The van der Waals surface area contributed by atoms with Crippen LogP contribution in [0.15, 0.2) is 42.5 Å². The standard InChI is InChI=1S/C24H11F12NO/c25-16-15(17(26)19(28)20(29)18(16)27)9-37(21(38)22(30,31)23(32,33)24(34,35)36)12-5-6-14-11(8-12)7-10-3-1-2-4-13(10)14/h1-6,8H,7,9H2. The molecule has 3 aromatic carbocycles. The molecule has 0 bridgehead atoms. The molecule has 0 saturated heterocycles. The molecule has 0 N–H and O–H groups in total. The predicted molar refractivity (Wildman–Crippen MR) is 108 cm³/mol. The molecular weight excluding hydrogens is 546 g/mol. The molecule has 0 unspecified atom stereocenters. The molecule has 0 fully saturated rings. The summed E-state index contributed by atoms with van der Waals surface area (Å²) in [5, 5.41) is 0. The van der Waals surface area contributed by atoms with Crippen LogP contribution in [0.2, 0.25) is 0 Å². The molecule has 0 saturated carbocycles. The zero-order valence-electron chi connectivity index (χ0n) is 18.3. The summed E-state index contributed by atoms with van der Waals surface area (Å²) in [4.78, 5) is 11.9. The number of benzene rings is 3. The molecule has 0 heterocycles. The normalized spacial score (nSPS) is 13.4. The lowest BCUT2D eigenvalue weighted by molar-refractivity contribution is -0.343. The van der Waals surface area contributed by atoms with Gasteiger partial charge in [0.1, 0.15) is 0 Å². The second kappa shape index (κ2) is 8.95. The maximum absolute atomic E-state index is 14.4. The number of amides is 1. The van der Waals surface area contributed by atoms with Gasteiger partial charge in [-0.3, -0.25) is 4.79 Å². The highest BCUT2D eigenvalue weighted by molar-refractivity contribution is 5.99. The van der Waals surface area contributed by atoms with Gasteiger partial charge in [0.15, 0.2) is 23.3 Å². The molecule has 0 spiro atoms. The number of hydrogen-bond donors (Lipinski definition) is 0. The maximum atomic E-state index is 14.4. The predicted octanol–water partition coefficient (Wildman–Crippen LogP) is 7.32. The van der Waals surface area contributed by atoms with Crippen molar-refractivity contribution in [2.75, 3.05) is 4.90 Å². The summed E-state index contributed by atoms with van der Waals surface area (Å²) >= 11 is 0. The fourth-order valence-corrected chi connectivity index (χ4v) is 4.01. The first-order valence-corrected chi connectivity index (χ1v) is 10.4. The molecule has 2 nitrogen and oxygen atoms in total. The number of hydrogen-bond acceptors (Lipinski definition) is 1. The average Bonchev–Trinajstić information content (AvgIpc) is 3.23. The van der Waals surface area contributed by atoms with E-state index in [9.17, 15) is 57.5 Å². The fourth-order valence-electron chi connectivity index (χ4n) is 4.01.